The highest BCUT2D eigenvalue weighted by Gasteiger charge is 2.06. The lowest BCUT2D eigenvalue weighted by atomic mass is 10.1. The average Bonchev–Trinajstić information content (AvgIpc) is 2.95. The number of anilines is 1. The van der Waals surface area contributed by atoms with Gasteiger partial charge in [0, 0.05) is 17.9 Å². The molecule has 2 aromatic carbocycles. The molecule has 0 unspecified atom stereocenters. The lowest BCUT2D eigenvalue weighted by Gasteiger charge is -2.10. The number of carbonyl (C=O) groups is 1. The second-order valence-corrected chi connectivity index (χ2v) is 6.15. The molecule has 6 heteroatoms. The first kappa shape index (κ1) is 17.7. The Hall–Kier alpha value is -3.15. The molecule has 0 bridgehead atoms. The van der Waals surface area contributed by atoms with Gasteiger partial charge in [-0.1, -0.05) is 18.2 Å². The number of hydrogen-bond acceptors (Lipinski definition) is 2. The topological polar surface area (TPSA) is 59.0 Å². The number of benzene rings is 2. The maximum atomic E-state index is 12.9. The van der Waals surface area contributed by atoms with Crippen molar-refractivity contribution in [3.63, 3.8) is 0 Å². The molecule has 0 aliphatic carbocycles. The van der Waals surface area contributed by atoms with Crippen molar-refractivity contribution in [3.8, 4) is 5.69 Å². The molecule has 2 amide bonds. The van der Waals surface area contributed by atoms with Gasteiger partial charge in [0.1, 0.15) is 5.82 Å². The molecule has 0 fully saturated rings. The summed E-state index contributed by atoms with van der Waals surface area (Å²) in [5, 5.41) is 10.1. The molecule has 134 valence electrons. The van der Waals surface area contributed by atoms with Crippen molar-refractivity contribution in [2.75, 3.05) is 11.9 Å². The molecular weight excluding hydrogens is 331 g/mol. The minimum atomic E-state index is -0.280. The van der Waals surface area contributed by atoms with Crippen LogP contribution in [0.2, 0.25) is 0 Å². The first-order chi connectivity index (χ1) is 12.5. The van der Waals surface area contributed by atoms with Gasteiger partial charge in [0.05, 0.1) is 11.4 Å². The van der Waals surface area contributed by atoms with Crippen molar-refractivity contribution >= 4 is 11.7 Å². The van der Waals surface area contributed by atoms with Crippen LogP contribution < -0.4 is 10.6 Å². The lowest BCUT2D eigenvalue weighted by Crippen LogP contribution is -2.30. The molecule has 26 heavy (non-hydrogen) atoms. The van der Waals surface area contributed by atoms with Gasteiger partial charge in [-0.3, -0.25) is 0 Å². The maximum absolute atomic E-state index is 12.9. The maximum Gasteiger partial charge on any atom is 0.319 e. The van der Waals surface area contributed by atoms with Crippen LogP contribution in [0.3, 0.4) is 0 Å². The minimum absolute atomic E-state index is 0.262. The lowest BCUT2D eigenvalue weighted by molar-refractivity contribution is 0.252. The molecule has 0 saturated carbocycles. The SMILES string of the molecule is Cc1cc(C)n(-c2cccc(NC(=O)NCCc3ccc(F)cc3)c2)n1. The van der Waals surface area contributed by atoms with Crippen LogP contribution in [0.4, 0.5) is 14.9 Å². The van der Waals surface area contributed by atoms with Crippen LogP contribution in [0.15, 0.2) is 54.6 Å². The Balaban J connectivity index is 1.56. The number of halogens is 1. The number of hydrogen-bond donors (Lipinski definition) is 2. The largest absolute Gasteiger partial charge is 0.338 e. The van der Waals surface area contributed by atoms with Crippen LogP contribution in [-0.2, 0) is 6.42 Å². The highest BCUT2D eigenvalue weighted by Crippen LogP contribution is 2.16. The molecule has 0 aliphatic heterocycles. The fraction of sp³-hybridized carbons (Fsp3) is 0.200. The van der Waals surface area contributed by atoms with Gasteiger partial charge in [-0.15, -0.1) is 0 Å². The summed E-state index contributed by atoms with van der Waals surface area (Å²) in [6.45, 7) is 4.40. The van der Waals surface area contributed by atoms with Crippen LogP contribution in [0.5, 0.6) is 0 Å². The zero-order chi connectivity index (χ0) is 18.5. The highest BCUT2D eigenvalue weighted by molar-refractivity contribution is 5.89. The van der Waals surface area contributed by atoms with Crippen LogP contribution >= 0.6 is 0 Å². The number of nitrogens with zero attached hydrogens (tertiary/aromatic N) is 2. The standard InChI is InChI=1S/C20H21FN4O/c1-14-12-15(2)25(24-14)19-5-3-4-18(13-19)23-20(26)22-11-10-16-6-8-17(21)9-7-16/h3-9,12-13H,10-11H2,1-2H3,(H2,22,23,26). The quantitative estimate of drug-likeness (QED) is 0.729. The van der Waals surface area contributed by atoms with Gasteiger partial charge in [-0.2, -0.15) is 5.10 Å². The molecule has 1 aromatic heterocycles. The Bertz CT molecular complexity index is 902. The highest BCUT2D eigenvalue weighted by atomic mass is 19.1. The smallest absolute Gasteiger partial charge is 0.319 e. The van der Waals surface area contributed by atoms with Crippen molar-refractivity contribution in [1.29, 1.82) is 0 Å². The van der Waals surface area contributed by atoms with Crippen molar-refractivity contribution < 1.29 is 9.18 Å². The fourth-order valence-corrected chi connectivity index (χ4v) is 2.75. The van der Waals surface area contributed by atoms with E-state index < -0.39 is 0 Å². The molecule has 2 N–H and O–H groups in total. The van der Waals surface area contributed by atoms with E-state index in [4.69, 9.17) is 0 Å². The third kappa shape index (κ3) is 4.47. The summed E-state index contributed by atoms with van der Waals surface area (Å²) in [4.78, 5) is 12.1. The minimum Gasteiger partial charge on any atom is -0.338 e. The molecule has 3 rings (SSSR count). The van der Waals surface area contributed by atoms with E-state index in [2.05, 4.69) is 15.7 Å². The molecule has 3 aromatic rings. The average molecular weight is 352 g/mol. The summed E-state index contributed by atoms with van der Waals surface area (Å²) in [5.74, 6) is -0.262. The zero-order valence-corrected chi connectivity index (χ0v) is 14.8. The van der Waals surface area contributed by atoms with E-state index in [1.165, 1.54) is 12.1 Å². The number of carbonyl (C=O) groups excluding carboxylic acids is 1. The second-order valence-electron chi connectivity index (χ2n) is 6.15. The van der Waals surface area contributed by atoms with Gasteiger partial charge in [-0.05, 0) is 62.2 Å². The normalized spacial score (nSPS) is 10.6. The Morgan fingerprint density at radius 1 is 1.12 bits per heavy atom. The molecule has 5 nitrogen and oxygen atoms in total. The van der Waals surface area contributed by atoms with Gasteiger partial charge >= 0.3 is 6.03 Å². The van der Waals surface area contributed by atoms with E-state index in [1.54, 1.807) is 12.1 Å². The summed E-state index contributed by atoms with van der Waals surface area (Å²) in [6, 6.07) is 15.5. The Kier molecular flexibility index (Phi) is 5.31. The van der Waals surface area contributed by atoms with Gasteiger partial charge < -0.3 is 10.6 Å². The number of amides is 2. The van der Waals surface area contributed by atoms with Gasteiger partial charge in [0.15, 0.2) is 0 Å². The predicted octanol–water partition coefficient (Wildman–Crippen LogP) is 3.99. The number of aryl methyl sites for hydroxylation is 2. The molecule has 0 atom stereocenters. The Morgan fingerprint density at radius 2 is 1.88 bits per heavy atom. The number of nitrogens with one attached hydrogen (secondary N) is 2. The van der Waals surface area contributed by atoms with Crippen molar-refractivity contribution in [2.45, 2.75) is 20.3 Å². The molecular formula is C20H21FN4O. The summed E-state index contributed by atoms with van der Waals surface area (Å²) >= 11 is 0. The third-order valence-electron chi connectivity index (χ3n) is 3.97. The van der Waals surface area contributed by atoms with Gasteiger partial charge in [0.2, 0.25) is 0 Å². The third-order valence-corrected chi connectivity index (χ3v) is 3.97. The van der Waals surface area contributed by atoms with Crippen molar-refractivity contribution in [2.24, 2.45) is 0 Å². The molecule has 0 spiro atoms. The Labute approximate surface area is 151 Å². The Morgan fingerprint density at radius 3 is 2.58 bits per heavy atom. The van der Waals surface area contributed by atoms with Gasteiger partial charge in [-0.25, -0.2) is 13.9 Å². The van der Waals surface area contributed by atoms with Crippen LogP contribution in [-0.4, -0.2) is 22.4 Å². The zero-order valence-electron chi connectivity index (χ0n) is 14.8. The first-order valence-corrected chi connectivity index (χ1v) is 8.44. The first-order valence-electron chi connectivity index (χ1n) is 8.44. The molecule has 0 aliphatic rings. The van der Waals surface area contributed by atoms with E-state index in [0.717, 1.165) is 22.6 Å². The molecule has 1 heterocycles. The van der Waals surface area contributed by atoms with Crippen molar-refractivity contribution in [1.82, 2.24) is 15.1 Å². The number of rotatable bonds is 5. The summed E-state index contributed by atoms with van der Waals surface area (Å²) in [6.07, 6.45) is 0.638. The fourth-order valence-electron chi connectivity index (χ4n) is 2.75. The predicted molar refractivity (Wildman–Crippen MR) is 100 cm³/mol. The number of aromatic nitrogens is 2. The van der Waals surface area contributed by atoms with E-state index in [-0.39, 0.29) is 11.8 Å². The van der Waals surface area contributed by atoms with Gasteiger partial charge in [0.25, 0.3) is 0 Å². The van der Waals surface area contributed by atoms with Crippen molar-refractivity contribution in [3.05, 3.63) is 77.4 Å². The van der Waals surface area contributed by atoms with Crippen LogP contribution in [0.25, 0.3) is 5.69 Å². The second kappa shape index (κ2) is 7.82. The van der Waals surface area contributed by atoms with E-state index >= 15 is 0 Å². The summed E-state index contributed by atoms with van der Waals surface area (Å²) < 4.78 is 14.7. The molecule has 0 saturated heterocycles. The summed E-state index contributed by atoms with van der Waals surface area (Å²) in [5.41, 5.74) is 4.52. The van der Waals surface area contributed by atoms with E-state index in [0.29, 0.717) is 18.7 Å². The number of urea groups is 1. The monoisotopic (exact) mass is 352 g/mol. The van der Waals surface area contributed by atoms with Crippen LogP contribution in [0, 0.1) is 19.7 Å². The van der Waals surface area contributed by atoms with E-state index in [9.17, 15) is 9.18 Å². The summed E-state index contributed by atoms with van der Waals surface area (Å²) in [7, 11) is 0. The van der Waals surface area contributed by atoms with E-state index in [1.807, 2.05) is 48.9 Å². The molecule has 0 radical (unpaired) electrons. The van der Waals surface area contributed by atoms with Crippen LogP contribution in [0.1, 0.15) is 17.0 Å².